The van der Waals surface area contributed by atoms with Gasteiger partial charge < -0.3 is 14.6 Å². The number of hydrogen-bond acceptors (Lipinski definition) is 5. The Kier molecular flexibility index (Phi) is 6.06. The molecule has 2 aliphatic rings. The number of aromatic nitrogens is 2. The molecule has 0 saturated heterocycles. The van der Waals surface area contributed by atoms with Gasteiger partial charge >= 0.3 is 5.97 Å². The zero-order valence-electron chi connectivity index (χ0n) is 21.2. The summed E-state index contributed by atoms with van der Waals surface area (Å²) in [6.07, 6.45) is 4.42. The van der Waals surface area contributed by atoms with Gasteiger partial charge in [0.25, 0.3) is 0 Å². The zero-order chi connectivity index (χ0) is 26.4. The van der Waals surface area contributed by atoms with Crippen molar-refractivity contribution < 1.29 is 23.8 Å². The summed E-state index contributed by atoms with van der Waals surface area (Å²) in [5, 5.41) is 17.0. The van der Waals surface area contributed by atoms with Crippen molar-refractivity contribution in [1.29, 1.82) is 0 Å². The van der Waals surface area contributed by atoms with E-state index in [0.717, 1.165) is 44.5 Å². The first kappa shape index (κ1) is 24.1. The first-order valence-electron chi connectivity index (χ1n) is 12.7. The van der Waals surface area contributed by atoms with E-state index in [1.807, 2.05) is 24.3 Å². The Morgan fingerprint density at radius 1 is 1.08 bits per heavy atom. The Balaban J connectivity index is 1.31. The number of halogens is 1. The number of benzene rings is 3. The number of hydrogen-bond donors (Lipinski definition) is 1. The molecule has 7 heteroatoms. The van der Waals surface area contributed by atoms with Crippen LogP contribution in [0.4, 0.5) is 4.39 Å². The fraction of sp³-hybridized carbons (Fsp3) is 0.258. The van der Waals surface area contributed by atoms with Crippen LogP contribution in [0.15, 0.2) is 60.9 Å². The molecule has 0 spiro atoms. The molecule has 0 amide bonds. The highest BCUT2D eigenvalue weighted by Gasteiger charge is 2.32. The minimum Gasteiger partial charge on any atom is -0.492 e. The summed E-state index contributed by atoms with van der Waals surface area (Å²) in [6, 6.07) is 15.1. The van der Waals surface area contributed by atoms with E-state index in [9.17, 15) is 4.79 Å². The van der Waals surface area contributed by atoms with Crippen molar-refractivity contribution in [3.8, 4) is 33.8 Å². The molecule has 0 saturated carbocycles. The summed E-state index contributed by atoms with van der Waals surface area (Å²) < 4.78 is 27.3. The molecule has 6 rings (SSSR count). The number of nitrogens with zero attached hydrogens (tertiary/aromatic N) is 2. The van der Waals surface area contributed by atoms with Gasteiger partial charge in [0, 0.05) is 28.7 Å². The second-order valence-electron chi connectivity index (χ2n) is 10.1. The number of ether oxygens (including phenoxy) is 2. The van der Waals surface area contributed by atoms with Crippen LogP contribution in [-0.4, -0.2) is 27.9 Å². The fourth-order valence-corrected chi connectivity index (χ4v) is 5.92. The Labute approximate surface area is 220 Å². The van der Waals surface area contributed by atoms with E-state index < -0.39 is 12.1 Å². The Bertz CT molecular complexity index is 1530. The van der Waals surface area contributed by atoms with Crippen LogP contribution in [0.25, 0.3) is 22.3 Å². The molecule has 1 aliphatic heterocycles. The normalized spacial score (nSPS) is 17.6. The summed E-state index contributed by atoms with van der Waals surface area (Å²) in [7, 11) is 0. The molecule has 1 N–H and O–H groups in total. The van der Waals surface area contributed by atoms with Gasteiger partial charge in [-0.05, 0) is 78.3 Å². The number of aliphatic carboxylic acids is 1. The summed E-state index contributed by atoms with van der Waals surface area (Å²) in [5.74, 6) is -0.0616. The average Bonchev–Trinajstić information content (AvgIpc) is 3.50. The molecule has 0 bridgehead atoms. The molecule has 2 atom stereocenters. The maximum absolute atomic E-state index is 15.2. The van der Waals surface area contributed by atoms with E-state index in [1.54, 1.807) is 18.5 Å². The molecular weight excluding hydrogens is 483 g/mol. The second kappa shape index (κ2) is 9.56. The molecular formula is C31H27FN2O4. The van der Waals surface area contributed by atoms with Crippen LogP contribution in [0, 0.1) is 19.7 Å². The molecule has 3 aromatic carbocycles. The van der Waals surface area contributed by atoms with Gasteiger partial charge in [0.1, 0.15) is 23.4 Å². The van der Waals surface area contributed by atoms with Gasteiger partial charge in [-0.1, -0.05) is 24.3 Å². The first-order valence-corrected chi connectivity index (χ1v) is 12.7. The third-order valence-corrected chi connectivity index (χ3v) is 7.57. The SMILES string of the molecule is Cc1cc(-c2ccnnc2)cc(C)c1-c1ccc(F)c2c1CC[C@H]2Oc1ccc2c(c1)OCC2CC(=O)O. The van der Waals surface area contributed by atoms with Crippen LogP contribution in [-0.2, 0) is 11.2 Å². The summed E-state index contributed by atoms with van der Waals surface area (Å²) in [4.78, 5) is 11.1. The van der Waals surface area contributed by atoms with Gasteiger partial charge in [-0.15, -0.1) is 0 Å². The Morgan fingerprint density at radius 2 is 1.89 bits per heavy atom. The summed E-state index contributed by atoms with van der Waals surface area (Å²) in [6.45, 7) is 4.51. The third kappa shape index (κ3) is 4.28. The molecule has 0 fully saturated rings. The van der Waals surface area contributed by atoms with E-state index in [-0.39, 0.29) is 18.2 Å². The molecule has 6 nitrogen and oxygen atoms in total. The number of aryl methyl sites for hydroxylation is 2. The monoisotopic (exact) mass is 510 g/mol. The molecule has 1 unspecified atom stereocenters. The minimum atomic E-state index is -0.852. The minimum absolute atomic E-state index is 0.0243. The van der Waals surface area contributed by atoms with Crippen molar-refractivity contribution >= 4 is 5.97 Å². The molecule has 192 valence electrons. The van der Waals surface area contributed by atoms with Gasteiger partial charge in [-0.3, -0.25) is 4.79 Å². The topological polar surface area (TPSA) is 81.5 Å². The summed E-state index contributed by atoms with van der Waals surface area (Å²) >= 11 is 0. The summed E-state index contributed by atoms with van der Waals surface area (Å²) in [5.41, 5.74) is 8.91. The number of carboxylic acids is 1. The smallest absolute Gasteiger partial charge is 0.304 e. The molecule has 2 heterocycles. The lowest BCUT2D eigenvalue weighted by Crippen LogP contribution is -2.07. The molecule has 0 radical (unpaired) electrons. The van der Waals surface area contributed by atoms with E-state index >= 15 is 4.39 Å². The largest absolute Gasteiger partial charge is 0.492 e. The average molecular weight is 511 g/mol. The lowest BCUT2D eigenvalue weighted by molar-refractivity contribution is -0.137. The fourth-order valence-electron chi connectivity index (χ4n) is 5.92. The Morgan fingerprint density at radius 3 is 2.63 bits per heavy atom. The van der Waals surface area contributed by atoms with E-state index in [1.165, 1.54) is 6.07 Å². The third-order valence-electron chi connectivity index (χ3n) is 7.57. The van der Waals surface area contributed by atoms with Gasteiger partial charge in [0.05, 0.1) is 25.4 Å². The first-order chi connectivity index (χ1) is 18.4. The lowest BCUT2D eigenvalue weighted by atomic mass is 9.88. The van der Waals surface area contributed by atoms with Crippen molar-refractivity contribution in [2.45, 2.75) is 45.1 Å². The quantitative estimate of drug-likeness (QED) is 0.315. The van der Waals surface area contributed by atoms with E-state index in [2.05, 4.69) is 36.2 Å². The van der Waals surface area contributed by atoms with E-state index in [4.69, 9.17) is 14.6 Å². The molecule has 38 heavy (non-hydrogen) atoms. The van der Waals surface area contributed by atoms with Gasteiger partial charge in [0.2, 0.25) is 0 Å². The van der Waals surface area contributed by atoms with E-state index in [0.29, 0.717) is 36.5 Å². The van der Waals surface area contributed by atoms with Crippen molar-refractivity contribution in [3.05, 3.63) is 94.6 Å². The number of carboxylic acid groups (broad SMARTS) is 1. The molecule has 1 aromatic heterocycles. The van der Waals surface area contributed by atoms with Crippen molar-refractivity contribution in [2.75, 3.05) is 6.61 Å². The highest BCUT2D eigenvalue weighted by Crippen LogP contribution is 2.45. The zero-order valence-corrected chi connectivity index (χ0v) is 21.2. The predicted molar refractivity (Wildman–Crippen MR) is 141 cm³/mol. The lowest BCUT2D eigenvalue weighted by Gasteiger charge is -2.19. The Hall–Kier alpha value is -4.26. The maximum Gasteiger partial charge on any atom is 0.304 e. The van der Waals surface area contributed by atoms with Crippen LogP contribution < -0.4 is 9.47 Å². The number of fused-ring (bicyclic) bond motifs is 2. The highest BCUT2D eigenvalue weighted by molar-refractivity contribution is 5.79. The number of rotatable bonds is 6. The standard InChI is InChI=1S/C31H27FN2O4/c1-17-11-20(19-9-10-33-34-15-19)12-18(2)30(17)24-5-7-26(32)31-25(24)6-8-27(31)38-22-3-4-23-21(13-29(35)36)16-37-28(23)14-22/h3-5,7,9-12,14-15,21,27H,6,8,13,16H2,1-2H3,(H,35,36)/t21?,27-/m1/s1. The predicted octanol–water partition coefficient (Wildman–Crippen LogP) is 6.58. The van der Waals surface area contributed by atoms with Crippen molar-refractivity contribution in [3.63, 3.8) is 0 Å². The number of carbonyl (C=O) groups is 1. The van der Waals surface area contributed by atoms with Crippen LogP contribution >= 0.6 is 0 Å². The van der Waals surface area contributed by atoms with Gasteiger partial charge in [-0.25, -0.2) is 4.39 Å². The van der Waals surface area contributed by atoms with Gasteiger partial charge in [-0.2, -0.15) is 10.2 Å². The maximum atomic E-state index is 15.2. The highest BCUT2D eigenvalue weighted by atomic mass is 19.1. The van der Waals surface area contributed by atoms with Gasteiger partial charge in [0.15, 0.2) is 0 Å². The van der Waals surface area contributed by atoms with Crippen molar-refractivity contribution in [1.82, 2.24) is 10.2 Å². The molecule has 4 aromatic rings. The van der Waals surface area contributed by atoms with Crippen LogP contribution in [0.3, 0.4) is 0 Å². The van der Waals surface area contributed by atoms with Crippen LogP contribution in [0.1, 0.15) is 52.7 Å². The molecule has 1 aliphatic carbocycles. The van der Waals surface area contributed by atoms with Crippen LogP contribution in [0.5, 0.6) is 11.5 Å². The van der Waals surface area contributed by atoms with Crippen LogP contribution in [0.2, 0.25) is 0 Å². The second-order valence-corrected chi connectivity index (χ2v) is 10.1. The van der Waals surface area contributed by atoms with Crippen molar-refractivity contribution in [2.24, 2.45) is 0 Å².